The molecule has 1 heterocycles. The molecule has 3 rings (SSSR count). The maximum Gasteiger partial charge on any atom is 0.247 e. The van der Waals surface area contributed by atoms with Gasteiger partial charge in [0.1, 0.15) is 11.5 Å². The predicted octanol–water partition coefficient (Wildman–Crippen LogP) is 3.38. The highest BCUT2D eigenvalue weighted by Gasteiger charge is 2.34. The second-order valence-electron chi connectivity index (χ2n) is 6.50. The van der Waals surface area contributed by atoms with Crippen LogP contribution in [0.2, 0.25) is 0 Å². The van der Waals surface area contributed by atoms with Gasteiger partial charge >= 0.3 is 0 Å². The van der Waals surface area contributed by atoms with Crippen molar-refractivity contribution in [3.63, 3.8) is 0 Å². The summed E-state index contributed by atoms with van der Waals surface area (Å²) >= 11 is 0. The Morgan fingerprint density at radius 2 is 1.67 bits per heavy atom. The van der Waals surface area contributed by atoms with Crippen LogP contribution in [0.1, 0.15) is 36.1 Å². The highest BCUT2D eigenvalue weighted by atomic mass is 32.2. The van der Waals surface area contributed by atoms with E-state index in [2.05, 4.69) is 12.0 Å². The lowest BCUT2D eigenvalue weighted by atomic mass is 9.97. The minimum absolute atomic E-state index is 0.363. The van der Waals surface area contributed by atoms with Crippen molar-refractivity contribution in [3.8, 4) is 11.5 Å². The summed E-state index contributed by atoms with van der Waals surface area (Å²) in [5, 5.41) is 4.43. The quantitative estimate of drug-likeness (QED) is 0.761. The van der Waals surface area contributed by atoms with Gasteiger partial charge in [-0.05, 0) is 29.7 Å². The van der Waals surface area contributed by atoms with Gasteiger partial charge in [0.25, 0.3) is 0 Å². The van der Waals surface area contributed by atoms with Crippen LogP contribution in [0.25, 0.3) is 0 Å². The largest absolute Gasteiger partial charge is 0.497 e. The predicted molar refractivity (Wildman–Crippen MR) is 106 cm³/mol. The third-order valence-electron chi connectivity index (χ3n) is 4.67. The van der Waals surface area contributed by atoms with Crippen molar-refractivity contribution < 1.29 is 17.9 Å². The smallest absolute Gasteiger partial charge is 0.247 e. The number of nitrogens with zero attached hydrogens (tertiary/aromatic N) is 2. The highest BCUT2D eigenvalue weighted by molar-refractivity contribution is 7.88. The first-order valence-corrected chi connectivity index (χ1v) is 10.6. The molecule has 0 spiro atoms. The fourth-order valence-corrected chi connectivity index (χ4v) is 4.07. The fourth-order valence-electron chi connectivity index (χ4n) is 3.17. The summed E-state index contributed by atoms with van der Waals surface area (Å²) in [7, 11) is -0.346. The molecular formula is C20H24N2O4S. The SMILES string of the molecule is CCc1ccc([C@@H]2CC(c3cc(OC)cc(OC)c3)=NN2S(C)(=O)=O)cc1. The maximum absolute atomic E-state index is 12.3. The Balaban J connectivity index is 2.01. The summed E-state index contributed by atoms with van der Waals surface area (Å²) in [5.74, 6) is 1.27. The van der Waals surface area contributed by atoms with E-state index in [1.807, 2.05) is 36.4 Å². The monoisotopic (exact) mass is 388 g/mol. The molecule has 0 amide bonds. The average Bonchev–Trinajstić information content (AvgIpc) is 3.13. The molecule has 2 aromatic rings. The van der Waals surface area contributed by atoms with Crippen LogP contribution in [0.15, 0.2) is 47.6 Å². The van der Waals surface area contributed by atoms with Crippen molar-refractivity contribution in [2.24, 2.45) is 5.10 Å². The topological polar surface area (TPSA) is 68.2 Å². The molecule has 144 valence electrons. The Kier molecular flexibility index (Phi) is 5.41. The van der Waals surface area contributed by atoms with Gasteiger partial charge in [0.15, 0.2) is 0 Å². The second kappa shape index (κ2) is 7.60. The number of hydrogen-bond acceptors (Lipinski definition) is 5. The van der Waals surface area contributed by atoms with E-state index >= 15 is 0 Å². The zero-order chi connectivity index (χ0) is 19.6. The van der Waals surface area contributed by atoms with Crippen molar-refractivity contribution in [2.75, 3.05) is 20.5 Å². The van der Waals surface area contributed by atoms with E-state index in [0.717, 1.165) is 17.5 Å². The Morgan fingerprint density at radius 1 is 1.07 bits per heavy atom. The Labute approximate surface area is 160 Å². The van der Waals surface area contributed by atoms with Crippen LogP contribution < -0.4 is 9.47 Å². The summed E-state index contributed by atoms with van der Waals surface area (Å²) < 4.78 is 36.5. The molecule has 0 fully saturated rings. The van der Waals surface area contributed by atoms with E-state index in [0.29, 0.717) is 23.6 Å². The van der Waals surface area contributed by atoms with Gasteiger partial charge in [-0.3, -0.25) is 0 Å². The van der Waals surface area contributed by atoms with Crippen molar-refractivity contribution >= 4 is 15.7 Å². The van der Waals surface area contributed by atoms with Crippen LogP contribution in [0.5, 0.6) is 11.5 Å². The third kappa shape index (κ3) is 4.08. The van der Waals surface area contributed by atoms with Gasteiger partial charge in [0.05, 0.1) is 32.2 Å². The van der Waals surface area contributed by atoms with Crippen LogP contribution in [-0.4, -0.2) is 39.0 Å². The number of hydrogen-bond donors (Lipinski definition) is 0. The first kappa shape index (κ1) is 19.2. The third-order valence-corrected chi connectivity index (χ3v) is 5.69. The van der Waals surface area contributed by atoms with Crippen molar-refractivity contribution in [1.82, 2.24) is 4.41 Å². The van der Waals surface area contributed by atoms with Crippen molar-refractivity contribution in [2.45, 2.75) is 25.8 Å². The molecule has 2 aromatic carbocycles. The number of rotatable bonds is 6. The van der Waals surface area contributed by atoms with Crippen molar-refractivity contribution in [1.29, 1.82) is 0 Å². The standard InChI is InChI=1S/C20H24N2O4S/c1-5-14-6-8-15(9-7-14)20-13-19(21-22(20)27(4,23)24)16-10-17(25-2)12-18(11-16)26-3/h6-12,20H,5,13H2,1-4H3/t20-/m0/s1. The lowest BCUT2D eigenvalue weighted by Gasteiger charge is -2.21. The first-order chi connectivity index (χ1) is 12.9. The fraction of sp³-hybridized carbons (Fsp3) is 0.350. The molecule has 0 bridgehead atoms. The number of benzene rings is 2. The molecule has 1 atom stereocenters. The van der Waals surface area contributed by atoms with Crippen LogP contribution in [0.3, 0.4) is 0 Å². The van der Waals surface area contributed by atoms with Crippen LogP contribution >= 0.6 is 0 Å². The van der Waals surface area contributed by atoms with E-state index in [-0.39, 0.29) is 6.04 Å². The summed E-state index contributed by atoms with van der Waals surface area (Å²) in [6.07, 6.45) is 2.60. The molecule has 0 saturated heterocycles. The maximum atomic E-state index is 12.3. The van der Waals surface area contributed by atoms with Crippen molar-refractivity contribution in [3.05, 3.63) is 59.2 Å². The number of sulfonamides is 1. The van der Waals surface area contributed by atoms with Crippen LogP contribution in [0, 0.1) is 0 Å². The molecule has 6 nitrogen and oxygen atoms in total. The van der Waals surface area contributed by atoms with E-state index in [4.69, 9.17) is 9.47 Å². The average molecular weight is 388 g/mol. The van der Waals surface area contributed by atoms with Crippen LogP contribution in [0.4, 0.5) is 0 Å². The van der Waals surface area contributed by atoms with Gasteiger partial charge < -0.3 is 9.47 Å². The van der Waals surface area contributed by atoms with E-state index in [1.54, 1.807) is 20.3 Å². The molecule has 0 N–H and O–H groups in total. The summed E-state index contributed by atoms with van der Waals surface area (Å²) in [4.78, 5) is 0. The van der Waals surface area contributed by atoms with E-state index in [1.165, 1.54) is 16.2 Å². The lowest BCUT2D eigenvalue weighted by molar-refractivity contribution is 0.375. The van der Waals surface area contributed by atoms with Gasteiger partial charge in [-0.2, -0.15) is 9.52 Å². The molecule has 27 heavy (non-hydrogen) atoms. The molecule has 0 unspecified atom stereocenters. The van der Waals surface area contributed by atoms with Crippen LogP contribution in [-0.2, 0) is 16.4 Å². The molecule has 0 aromatic heterocycles. The van der Waals surface area contributed by atoms with Gasteiger partial charge in [0, 0.05) is 18.1 Å². The molecule has 7 heteroatoms. The molecule has 0 radical (unpaired) electrons. The molecule has 1 aliphatic rings. The molecule has 1 aliphatic heterocycles. The van der Waals surface area contributed by atoms with E-state index in [9.17, 15) is 8.42 Å². The number of methoxy groups -OCH3 is 2. The van der Waals surface area contributed by atoms with Gasteiger partial charge in [-0.15, -0.1) is 0 Å². The lowest BCUT2D eigenvalue weighted by Crippen LogP contribution is -2.25. The van der Waals surface area contributed by atoms with Gasteiger partial charge in [0.2, 0.25) is 10.0 Å². The number of hydrazone groups is 1. The second-order valence-corrected chi connectivity index (χ2v) is 8.34. The number of aryl methyl sites for hydroxylation is 1. The minimum atomic E-state index is -3.50. The minimum Gasteiger partial charge on any atom is -0.497 e. The summed E-state index contributed by atoms with van der Waals surface area (Å²) in [5.41, 5.74) is 3.60. The number of ether oxygens (including phenoxy) is 2. The van der Waals surface area contributed by atoms with E-state index < -0.39 is 10.0 Å². The normalized spacial score (nSPS) is 17.0. The van der Waals surface area contributed by atoms with Gasteiger partial charge in [-0.1, -0.05) is 31.2 Å². The molecular weight excluding hydrogens is 364 g/mol. The zero-order valence-electron chi connectivity index (χ0n) is 16.0. The Hall–Kier alpha value is -2.54. The summed E-state index contributed by atoms with van der Waals surface area (Å²) in [6.45, 7) is 2.09. The molecule has 0 aliphatic carbocycles. The highest BCUT2D eigenvalue weighted by Crippen LogP contribution is 2.36. The Bertz CT molecular complexity index is 930. The Morgan fingerprint density at radius 3 is 2.15 bits per heavy atom. The zero-order valence-corrected chi connectivity index (χ0v) is 16.8. The first-order valence-electron chi connectivity index (χ1n) is 8.75. The summed E-state index contributed by atoms with van der Waals surface area (Å²) in [6, 6.07) is 13.1. The van der Waals surface area contributed by atoms with Gasteiger partial charge in [-0.25, -0.2) is 8.42 Å². The molecule has 0 saturated carbocycles.